The Morgan fingerprint density at radius 3 is 2.67 bits per heavy atom. The van der Waals surface area contributed by atoms with Gasteiger partial charge in [0.25, 0.3) is 0 Å². The number of carbonyl (C=O) groups excluding carboxylic acids is 1. The first-order valence-electron chi connectivity index (χ1n) is 6.60. The minimum absolute atomic E-state index is 0.0511. The SMILES string of the molecule is CNC(=O)Cc1ccccc1NCc1c(O)cccc1Cl. The molecule has 2 rings (SSSR count). The number of para-hydroxylation sites is 1. The second-order valence-electron chi connectivity index (χ2n) is 4.60. The van der Waals surface area contributed by atoms with E-state index in [0.717, 1.165) is 11.3 Å². The molecule has 0 aromatic heterocycles. The molecule has 0 saturated carbocycles. The molecule has 1 amide bonds. The van der Waals surface area contributed by atoms with E-state index < -0.39 is 0 Å². The van der Waals surface area contributed by atoms with Crippen LogP contribution < -0.4 is 10.6 Å². The van der Waals surface area contributed by atoms with Gasteiger partial charge in [-0.1, -0.05) is 35.9 Å². The Kier molecular flexibility index (Phi) is 5.06. The van der Waals surface area contributed by atoms with Crippen LogP contribution in [0.15, 0.2) is 42.5 Å². The Balaban J connectivity index is 2.15. The van der Waals surface area contributed by atoms with Crippen molar-refractivity contribution in [3.8, 4) is 5.75 Å². The topological polar surface area (TPSA) is 61.4 Å². The quantitative estimate of drug-likeness (QED) is 0.796. The standard InChI is InChI=1S/C16H17ClN2O2/c1-18-16(21)9-11-5-2-3-7-14(11)19-10-12-13(17)6-4-8-15(12)20/h2-8,19-20H,9-10H2,1H3,(H,18,21). The zero-order valence-electron chi connectivity index (χ0n) is 11.7. The molecule has 5 heteroatoms. The number of phenols is 1. The van der Waals surface area contributed by atoms with Gasteiger partial charge in [-0.15, -0.1) is 0 Å². The number of aromatic hydroxyl groups is 1. The molecule has 2 aromatic rings. The number of amides is 1. The van der Waals surface area contributed by atoms with E-state index in [0.29, 0.717) is 23.6 Å². The largest absolute Gasteiger partial charge is 0.508 e. The Hall–Kier alpha value is -2.20. The van der Waals surface area contributed by atoms with Gasteiger partial charge >= 0.3 is 0 Å². The first-order chi connectivity index (χ1) is 10.1. The first-order valence-corrected chi connectivity index (χ1v) is 6.98. The van der Waals surface area contributed by atoms with Crippen LogP contribution in [0.5, 0.6) is 5.75 Å². The molecule has 0 heterocycles. The minimum atomic E-state index is -0.0511. The highest BCUT2D eigenvalue weighted by molar-refractivity contribution is 6.31. The van der Waals surface area contributed by atoms with Crippen molar-refractivity contribution >= 4 is 23.2 Å². The summed E-state index contributed by atoms with van der Waals surface area (Å²) in [5, 5.41) is 16.2. The van der Waals surface area contributed by atoms with Crippen LogP contribution in [0.4, 0.5) is 5.69 Å². The van der Waals surface area contributed by atoms with Crippen LogP contribution in [0, 0.1) is 0 Å². The van der Waals surface area contributed by atoms with E-state index in [-0.39, 0.29) is 11.7 Å². The lowest BCUT2D eigenvalue weighted by Crippen LogP contribution is -2.20. The highest BCUT2D eigenvalue weighted by atomic mass is 35.5. The fraction of sp³-hybridized carbons (Fsp3) is 0.188. The molecule has 0 aliphatic carbocycles. The molecule has 0 aliphatic heterocycles. The molecule has 21 heavy (non-hydrogen) atoms. The summed E-state index contributed by atoms with van der Waals surface area (Å²) in [5.74, 6) is 0.101. The van der Waals surface area contributed by atoms with Crippen molar-refractivity contribution in [3.63, 3.8) is 0 Å². The summed E-state index contributed by atoms with van der Waals surface area (Å²) in [4.78, 5) is 11.5. The highest BCUT2D eigenvalue weighted by Crippen LogP contribution is 2.26. The third kappa shape index (κ3) is 3.89. The van der Waals surface area contributed by atoms with Crippen molar-refractivity contribution in [2.24, 2.45) is 0 Å². The summed E-state index contributed by atoms with van der Waals surface area (Å²) in [6.07, 6.45) is 0.300. The molecular formula is C16H17ClN2O2. The smallest absolute Gasteiger partial charge is 0.224 e. The van der Waals surface area contributed by atoms with E-state index in [1.807, 2.05) is 24.3 Å². The fourth-order valence-corrected chi connectivity index (χ4v) is 2.25. The third-order valence-electron chi connectivity index (χ3n) is 3.20. The average molecular weight is 305 g/mol. The van der Waals surface area contributed by atoms with Crippen molar-refractivity contribution in [3.05, 3.63) is 58.6 Å². The lowest BCUT2D eigenvalue weighted by atomic mass is 10.1. The summed E-state index contributed by atoms with van der Waals surface area (Å²) in [6, 6.07) is 12.6. The lowest BCUT2D eigenvalue weighted by Gasteiger charge is -2.13. The van der Waals surface area contributed by atoms with Gasteiger partial charge in [0.15, 0.2) is 0 Å². The van der Waals surface area contributed by atoms with Crippen molar-refractivity contribution in [2.45, 2.75) is 13.0 Å². The van der Waals surface area contributed by atoms with Gasteiger partial charge in [0.2, 0.25) is 5.91 Å². The number of phenolic OH excluding ortho intramolecular Hbond substituents is 1. The van der Waals surface area contributed by atoms with Gasteiger partial charge in [-0.25, -0.2) is 0 Å². The molecular weight excluding hydrogens is 288 g/mol. The minimum Gasteiger partial charge on any atom is -0.508 e. The summed E-state index contributed by atoms with van der Waals surface area (Å²) >= 11 is 6.08. The molecule has 4 nitrogen and oxygen atoms in total. The molecule has 0 saturated heterocycles. The number of anilines is 1. The molecule has 0 fully saturated rings. The number of halogens is 1. The number of likely N-dealkylation sites (N-methyl/N-ethyl adjacent to an activating group) is 1. The number of rotatable bonds is 5. The predicted octanol–water partition coefficient (Wildman–Crippen LogP) is 2.95. The van der Waals surface area contributed by atoms with Gasteiger partial charge in [-0.05, 0) is 23.8 Å². The summed E-state index contributed by atoms with van der Waals surface area (Å²) in [6.45, 7) is 0.385. The van der Waals surface area contributed by atoms with Gasteiger partial charge in [0.1, 0.15) is 5.75 Å². The van der Waals surface area contributed by atoms with Crippen molar-refractivity contribution < 1.29 is 9.90 Å². The maximum Gasteiger partial charge on any atom is 0.224 e. The van der Waals surface area contributed by atoms with Crippen LogP contribution in [-0.2, 0) is 17.8 Å². The molecule has 0 spiro atoms. The van der Waals surface area contributed by atoms with E-state index in [4.69, 9.17) is 11.6 Å². The lowest BCUT2D eigenvalue weighted by molar-refractivity contribution is -0.119. The predicted molar refractivity (Wildman–Crippen MR) is 84.7 cm³/mol. The second kappa shape index (κ2) is 6.99. The van der Waals surface area contributed by atoms with E-state index in [1.54, 1.807) is 25.2 Å². The molecule has 110 valence electrons. The molecule has 0 bridgehead atoms. The Morgan fingerprint density at radius 1 is 1.19 bits per heavy atom. The first kappa shape index (κ1) is 15.2. The number of nitrogens with one attached hydrogen (secondary N) is 2. The number of benzene rings is 2. The summed E-state index contributed by atoms with van der Waals surface area (Å²) in [5.41, 5.74) is 2.37. The van der Waals surface area contributed by atoms with Gasteiger partial charge in [0, 0.05) is 29.9 Å². The van der Waals surface area contributed by atoms with E-state index in [2.05, 4.69) is 10.6 Å². The van der Waals surface area contributed by atoms with Crippen molar-refractivity contribution in [2.75, 3.05) is 12.4 Å². The van der Waals surface area contributed by atoms with Crippen molar-refractivity contribution in [1.29, 1.82) is 0 Å². The van der Waals surface area contributed by atoms with Gasteiger partial charge in [-0.3, -0.25) is 4.79 Å². The number of hydrogen-bond donors (Lipinski definition) is 3. The number of hydrogen-bond acceptors (Lipinski definition) is 3. The average Bonchev–Trinajstić information content (AvgIpc) is 2.48. The van der Waals surface area contributed by atoms with Gasteiger partial charge < -0.3 is 15.7 Å². The van der Waals surface area contributed by atoms with Crippen LogP contribution >= 0.6 is 11.6 Å². The van der Waals surface area contributed by atoms with E-state index in [1.165, 1.54) is 0 Å². The third-order valence-corrected chi connectivity index (χ3v) is 3.55. The second-order valence-corrected chi connectivity index (χ2v) is 5.01. The van der Waals surface area contributed by atoms with Crippen LogP contribution in [0.1, 0.15) is 11.1 Å². The normalized spacial score (nSPS) is 10.2. The Labute approximate surface area is 128 Å². The maximum atomic E-state index is 11.5. The molecule has 2 aromatic carbocycles. The summed E-state index contributed by atoms with van der Waals surface area (Å²) < 4.78 is 0. The molecule has 0 aliphatic rings. The van der Waals surface area contributed by atoms with Crippen molar-refractivity contribution in [1.82, 2.24) is 5.32 Å². The molecule has 0 radical (unpaired) electrons. The molecule has 3 N–H and O–H groups in total. The van der Waals surface area contributed by atoms with Crippen LogP contribution in [0.2, 0.25) is 5.02 Å². The van der Waals surface area contributed by atoms with E-state index in [9.17, 15) is 9.90 Å². The monoisotopic (exact) mass is 304 g/mol. The highest BCUT2D eigenvalue weighted by Gasteiger charge is 2.09. The zero-order chi connectivity index (χ0) is 15.2. The Morgan fingerprint density at radius 2 is 1.95 bits per heavy atom. The summed E-state index contributed by atoms with van der Waals surface area (Å²) in [7, 11) is 1.61. The maximum absolute atomic E-state index is 11.5. The van der Waals surface area contributed by atoms with Gasteiger partial charge in [0.05, 0.1) is 6.42 Å². The number of carbonyl (C=O) groups is 1. The fourth-order valence-electron chi connectivity index (χ4n) is 2.01. The Bertz CT molecular complexity index is 624. The van der Waals surface area contributed by atoms with E-state index >= 15 is 0 Å². The molecule has 0 unspecified atom stereocenters. The van der Waals surface area contributed by atoms with Crippen LogP contribution in [0.25, 0.3) is 0 Å². The van der Waals surface area contributed by atoms with Crippen LogP contribution in [0.3, 0.4) is 0 Å². The van der Waals surface area contributed by atoms with Crippen LogP contribution in [-0.4, -0.2) is 18.1 Å². The molecule has 0 atom stereocenters. The zero-order valence-corrected chi connectivity index (χ0v) is 12.4. The van der Waals surface area contributed by atoms with Gasteiger partial charge in [-0.2, -0.15) is 0 Å².